The van der Waals surface area contributed by atoms with Crippen LogP contribution in [0.4, 0.5) is 0 Å². The monoisotopic (exact) mass is 458 g/mol. The molecule has 1 N–H and O–H groups in total. The zero-order valence-corrected chi connectivity index (χ0v) is 17.5. The van der Waals surface area contributed by atoms with Gasteiger partial charge in [-0.15, -0.1) is 22.7 Å². The molecule has 0 aliphatic heterocycles. The van der Waals surface area contributed by atoms with Crippen LogP contribution in [0.1, 0.15) is 10.6 Å². The molecule has 2 heterocycles. The molecule has 0 radical (unpaired) electrons. The molecule has 0 amide bonds. The molecule has 0 fully saturated rings. The number of thiophene rings is 1. The first-order chi connectivity index (χ1) is 11.9. The second kappa shape index (κ2) is 7.55. The van der Waals surface area contributed by atoms with Gasteiger partial charge in [0.15, 0.2) is 0 Å². The molecule has 0 bridgehead atoms. The summed E-state index contributed by atoms with van der Waals surface area (Å²) in [5.74, 6) is 0.302. The van der Waals surface area contributed by atoms with Crippen molar-refractivity contribution in [3.05, 3.63) is 50.8 Å². The number of methoxy groups -OCH3 is 1. The molecule has 0 aliphatic carbocycles. The molecule has 0 saturated heterocycles. The van der Waals surface area contributed by atoms with Gasteiger partial charge in [0.1, 0.15) is 15.7 Å². The van der Waals surface area contributed by atoms with Crippen molar-refractivity contribution in [2.75, 3.05) is 7.11 Å². The van der Waals surface area contributed by atoms with E-state index in [1.165, 1.54) is 24.5 Å². The summed E-state index contributed by atoms with van der Waals surface area (Å²) in [6.45, 7) is 2.07. The number of ether oxygens (including phenoxy) is 1. The third kappa shape index (κ3) is 4.12. The Kier molecular flexibility index (Phi) is 5.59. The number of sulfonamides is 1. The van der Waals surface area contributed by atoms with Crippen molar-refractivity contribution in [2.24, 2.45) is 0 Å². The van der Waals surface area contributed by atoms with E-state index >= 15 is 0 Å². The number of rotatable bonds is 6. The van der Waals surface area contributed by atoms with Crippen molar-refractivity contribution in [3.63, 3.8) is 0 Å². The number of aryl methyl sites for hydroxylation is 1. The van der Waals surface area contributed by atoms with Gasteiger partial charge in [0.25, 0.3) is 0 Å². The molecule has 0 unspecified atom stereocenters. The number of hydrogen-bond donors (Lipinski definition) is 1. The standard InChI is InChI=1S/C16H15BrN2O3S3/c1-10-14(24-16(19-10)13-4-3-7-23-13)9-18-25(20,21)15-8-11(17)5-6-12(15)22-2/h3-8,18H,9H2,1-2H3. The Hall–Kier alpha value is -1.26. The molecule has 1 aromatic carbocycles. The van der Waals surface area contributed by atoms with Crippen molar-refractivity contribution < 1.29 is 13.2 Å². The number of nitrogens with one attached hydrogen (secondary N) is 1. The normalized spacial score (nSPS) is 11.6. The lowest BCUT2D eigenvalue weighted by Crippen LogP contribution is -2.23. The minimum absolute atomic E-state index is 0.102. The predicted molar refractivity (Wildman–Crippen MR) is 105 cm³/mol. The highest BCUT2D eigenvalue weighted by Crippen LogP contribution is 2.32. The quantitative estimate of drug-likeness (QED) is 0.592. The van der Waals surface area contributed by atoms with Gasteiger partial charge in [-0.3, -0.25) is 0 Å². The number of aromatic nitrogens is 1. The Morgan fingerprint density at radius 2 is 2.12 bits per heavy atom. The highest BCUT2D eigenvalue weighted by molar-refractivity contribution is 9.10. The van der Waals surface area contributed by atoms with Crippen LogP contribution in [-0.4, -0.2) is 20.5 Å². The van der Waals surface area contributed by atoms with E-state index in [-0.39, 0.29) is 11.4 Å². The summed E-state index contributed by atoms with van der Waals surface area (Å²) in [4.78, 5) is 6.61. The molecule has 132 valence electrons. The summed E-state index contributed by atoms with van der Waals surface area (Å²) in [6, 6.07) is 8.85. The van der Waals surface area contributed by atoms with Crippen molar-refractivity contribution in [2.45, 2.75) is 18.4 Å². The number of benzene rings is 1. The van der Waals surface area contributed by atoms with Gasteiger partial charge in [0.2, 0.25) is 10.0 Å². The number of nitrogens with zero attached hydrogens (tertiary/aromatic N) is 1. The molecular weight excluding hydrogens is 444 g/mol. The van der Waals surface area contributed by atoms with Crippen LogP contribution in [0.5, 0.6) is 5.75 Å². The average molecular weight is 459 g/mol. The van der Waals surface area contributed by atoms with Gasteiger partial charge < -0.3 is 4.74 Å². The van der Waals surface area contributed by atoms with Crippen molar-refractivity contribution in [3.8, 4) is 15.6 Å². The average Bonchev–Trinajstić information content (AvgIpc) is 3.22. The largest absolute Gasteiger partial charge is 0.495 e. The Morgan fingerprint density at radius 3 is 2.80 bits per heavy atom. The summed E-state index contributed by atoms with van der Waals surface area (Å²) in [6.07, 6.45) is 0. The topological polar surface area (TPSA) is 68.3 Å². The lowest BCUT2D eigenvalue weighted by atomic mass is 10.3. The van der Waals surface area contributed by atoms with Crippen LogP contribution in [0, 0.1) is 6.92 Å². The van der Waals surface area contributed by atoms with Gasteiger partial charge in [0.05, 0.1) is 17.7 Å². The maximum absolute atomic E-state index is 12.7. The maximum atomic E-state index is 12.7. The van der Waals surface area contributed by atoms with Crippen LogP contribution in [-0.2, 0) is 16.6 Å². The highest BCUT2D eigenvalue weighted by atomic mass is 79.9. The van der Waals surface area contributed by atoms with Crippen LogP contribution in [0.25, 0.3) is 9.88 Å². The first-order valence-corrected chi connectivity index (χ1v) is 11.2. The zero-order chi connectivity index (χ0) is 18.0. The number of thiazole rings is 1. The van der Waals surface area contributed by atoms with E-state index < -0.39 is 10.0 Å². The maximum Gasteiger partial charge on any atom is 0.244 e. The summed E-state index contributed by atoms with van der Waals surface area (Å²) in [7, 11) is -2.26. The SMILES string of the molecule is COc1ccc(Br)cc1S(=O)(=O)NCc1sc(-c2cccs2)nc1C. The third-order valence-electron chi connectivity index (χ3n) is 3.46. The van der Waals surface area contributed by atoms with E-state index in [9.17, 15) is 8.42 Å². The van der Waals surface area contributed by atoms with Crippen LogP contribution >= 0.6 is 38.6 Å². The van der Waals surface area contributed by atoms with Crippen molar-refractivity contribution in [1.29, 1.82) is 0 Å². The van der Waals surface area contributed by atoms with Crippen LogP contribution in [0.2, 0.25) is 0 Å². The minimum atomic E-state index is -3.71. The highest BCUT2D eigenvalue weighted by Gasteiger charge is 2.21. The van der Waals surface area contributed by atoms with Crippen molar-refractivity contribution in [1.82, 2.24) is 9.71 Å². The van der Waals surface area contributed by atoms with Gasteiger partial charge in [-0.05, 0) is 36.6 Å². The molecule has 0 spiro atoms. The molecule has 0 atom stereocenters. The fourth-order valence-electron chi connectivity index (χ4n) is 2.20. The van der Waals surface area contributed by atoms with Gasteiger partial charge >= 0.3 is 0 Å². The smallest absolute Gasteiger partial charge is 0.244 e. The van der Waals surface area contributed by atoms with Crippen molar-refractivity contribution >= 4 is 48.6 Å². The molecule has 3 rings (SSSR count). The van der Waals surface area contributed by atoms with Crippen LogP contribution in [0.15, 0.2) is 45.1 Å². The lowest BCUT2D eigenvalue weighted by molar-refractivity contribution is 0.402. The minimum Gasteiger partial charge on any atom is -0.495 e. The van der Waals surface area contributed by atoms with E-state index in [4.69, 9.17) is 4.74 Å². The van der Waals surface area contributed by atoms with E-state index in [0.29, 0.717) is 10.2 Å². The lowest BCUT2D eigenvalue weighted by Gasteiger charge is -2.10. The molecular formula is C16H15BrN2O3S3. The zero-order valence-electron chi connectivity index (χ0n) is 13.4. The molecule has 2 aromatic heterocycles. The summed E-state index contributed by atoms with van der Waals surface area (Å²) in [5, 5.41) is 2.90. The fraction of sp³-hybridized carbons (Fsp3) is 0.188. The second-order valence-corrected chi connectivity index (χ2v) is 9.81. The molecule has 0 saturated carbocycles. The summed E-state index contributed by atoms with van der Waals surface area (Å²) in [5.41, 5.74) is 0.831. The van der Waals surface area contributed by atoms with Gasteiger partial charge in [-0.2, -0.15) is 0 Å². The van der Waals surface area contributed by atoms with Gasteiger partial charge in [0, 0.05) is 15.9 Å². The second-order valence-electron chi connectivity index (χ2n) is 5.12. The van der Waals surface area contributed by atoms with E-state index in [2.05, 4.69) is 25.6 Å². The Labute approximate surface area is 162 Å². The summed E-state index contributed by atoms with van der Waals surface area (Å²) < 4.78 is 33.8. The van der Waals surface area contributed by atoms with Crippen LogP contribution < -0.4 is 9.46 Å². The van der Waals surface area contributed by atoms with Crippen LogP contribution in [0.3, 0.4) is 0 Å². The van der Waals surface area contributed by atoms with Gasteiger partial charge in [-0.1, -0.05) is 22.0 Å². The third-order valence-corrected chi connectivity index (χ3v) is 7.57. The van der Waals surface area contributed by atoms with E-state index in [1.807, 2.05) is 24.4 Å². The fourth-order valence-corrected chi connectivity index (χ4v) is 5.79. The molecule has 9 heteroatoms. The Morgan fingerprint density at radius 1 is 1.32 bits per heavy atom. The molecule has 5 nitrogen and oxygen atoms in total. The number of hydrogen-bond acceptors (Lipinski definition) is 6. The molecule has 25 heavy (non-hydrogen) atoms. The Balaban J connectivity index is 1.83. The van der Waals surface area contributed by atoms with E-state index in [1.54, 1.807) is 23.5 Å². The van der Waals surface area contributed by atoms with E-state index in [0.717, 1.165) is 20.5 Å². The Bertz CT molecular complexity index is 982. The number of halogens is 1. The predicted octanol–water partition coefficient (Wildman–Crippen LogP) is 4.43. The summed E-state index contributed by atoms with van der Waals surface area (Å²) >= 11 is 6.41. The van der Waals surface area contributed by atoms with Gasteiger partial charge in [-0.25, -0.2) is 18.1 Å². The first-order valence-electron chi connectivity index (χ1n) is 7.24. The first kappa shape index (κ1) is 18.5. The molecule has 0 aliphatic rings. The molecule has 3 aromatic rings.